The summed E-state index contributed by atoms with van der Waals surface area (Å²) in [5.41, 5.74) is 7.87. The molecule has 0 heterocycles. The predicted octanol–water partition coefficient (Wildman–Crippen LogP) is 4.38. The number of hydrogen-bond acceptors (Lipinski definition) is 3. The maximum Gasteiger partial charge on any atom is 0.255 e. The van der Waals surface area contributed by atoms with Gasteiger partial charge in [-0.1, -0.05) is 19.9 Å². The number of halogens is 2. The van der Waals surface area contributed by atoms with Crippen LogP contribution in [0.3, 0.4) is 0 Å². The van der Waals surface area contributed by atoms with Gasteiger partial charge >= 0.3 is 0 Å². The zero-order valence-corrected chi connectivity index (χ0v) is 15.7. The van der Waals surface area contributed by atoms with E-state index in [9.17, 15) is 14.0 Å². The van der Waals surface area contributed by atoms with Gasteiger partial charge in [-0.05, 0) is 48.7 Å². The first-order valence-electron chi connectivity index (χ1n) is 8.03. The molecule has 0 saturated heterocycles. The van der Waals surface area contributed by atoms with Crippen LogP contribution in [0.2, 0.25) is 0 Å². The molecule has 0 saturated carbocycles. The number of aryl methyl sites for hydroxylation is 1. The number of nitrogens with two attached hydrogens (primary N) is 1. The van der Waals surface area contributed by atoms with Crippen molar-refractivity contribution in [2.75, 3.05) is 16.4 Å². The van der Waals surface area contributed by atoms with E-state index in [4.69, 9.17) is 5.73 Å². The molecule has 2 rings (SSSR count). The van der Waals surface area contributed by atoms with Gasteiger partial charge in [0.1, 0.15) is 5.82 Å². The number of rotatable bonds is 5. The van der Waals surface area contributed by atoms with Crippen LogP contribution in [0.15, 0.2) is 36.4 Å². The second kappa shape index (κ2) is 9.20. The molecular formula is C19H23ClFN3O2. The lowest BCUT2D eigenvalue weighted by molar-refractivity contribution is -0.116. The highest BCUT2D eigenvalue weighted by Crippen LogP contribution is 2.21. The van der Waals surface area contributed by atoms with Gasteiger partial charge in [0.05, 0.1) is 5.69 Å². The van der Waals surface area contributed by atoms with Gasteiger partial charge in [-0.25, -0.2) is 4.39 Å². The molecule has 0 aliphatic carbocycles. The number of nitrogens with one attached hydrogen (secondary N) is 2. The molecule has 2 aromatic carbocycles. The lowest BCUT2D eigenvalue weighted by Crippen LogP contribution is -2.16. The van der Waals surface area contributed by atoms with Crippen LogP contribution in [0, 0.1) is 18.7 Å². The SMILES string of the molecule is Cc1ccc(N)cc1NC(=O)c1ccc(NC(=O)CC(C)C)c(F)c1.Cl. The highest BCUT2D eigenvalue weighted by atomic mass is 35.5. The first-order chi connectivity index (χ1) is 11.8. The van der Waals surface area contributed by atoms with Crippen LogP contribution in [-0.4, -0.2) is 11.8 Å². The summed E-state index contributed by atoms with van der Waals surface area (Å²) in [6.45, 7) is 5.65. The maximum atomic E-state index is 14.2. The summed E-state index contributed by atoms with van der Waals surface area (Å²) < 4.78 is 14.2. The Morgan fingerprint density at radius 3 is 2.38 bits per heavy atom. The molecule has 4 N–H and O–H groups in total. The molecule has 0 aliphatic rings. The van der Waals surface area contributed by atoms with E-state index < -0.39 is 11.7 Å². The second-order valence-corrected chi connectivity index (χ2v) is 6.37. The lowest BCUT2D eigenvalue weighted by atomic mass is 10.1. The van der Waals surface area contributed by atoms with Crippen molar-refractivity contribution in [1.29, 1.82) is 0 Å². The molecule has 5 nitrogen and oxygen atoms in total. The van der Waals surface area contributed by atoms with Crippen molar-refractivity contribution in [2.24, 2.45) is 5.92 Å². The Bertz CT molecular complexity index is 809. The standard InChI is InChI=1S/C19H22FN3O2.ClH/c1-11(2)8-18(24)22-16-7-5-13(9-15(16)20)19(25)23-17-10-14(21)6-4-12(17)3;/h4-7,9-11H,8,21H2,1-3H3,(H,22,24)(H,23,25);1H. The normalized spacial score (nSPS) is 10.2. The summed E-state index contributed by atoms with van der Waals surface area (Å²) in [6.07, 6.45) is 0.302. The maximum absolute atomic E-state index is 14.2. The van der Waals surface area contributed by atoms with E-state index in [2.05, 4.69) is 10.6 Å². The number of amides is 2. The van der Waals surface area contributed by atoms with Crippen LogP contribution in [0.25, 0.3) is 0 Å². The molecule has 0 aromatic heterocycles. The largest absolute Gasteiger partial charge is 0.399 e. The number of anilines is 3. The first-order valence-corrected chi connectivity index (χ1v) is 8.03. The van der Waals surface area contributed by atoms with Crippen molar-refractivity contribution in [1.82, 2.24) is 0 Å². The molecule has 2 amide bonds. The van der Waals surface area contributed by atoms with Gasteiger partial charge < -0.3 is 16.4 Å². The Labute approximate surface area is 158 Å². The molecule has 0 aliphatic heterocycles. The Morgan fingerprint density at radius 2 is 1.77 bits per heavy atom. The van der Waals surface area contributed by atoms with E-state index in [0.29, 0.717) is 17.8 Å². The quantitative estimate of drug-likeness (QED) is 0.674. The highest BCUT2D eigenvalue weighted by molar-refractivity contribution is 6.05. The predicted molar refractivity (Wildman–Crippen MR) is 105 cm³/mol. The second-order valence-electron chi connectivity index (χ2n) is 6.37. The van der Waals surface area contributed by atoms with Crippen LogP contribution in [0.4, 0.5) is 21.5 Å². The fourth-order valence-corrected chi connectivity index (χ4v) is 2.30. The number of benzene rings is 2. The Kier molecular flexibility index (Phi) is 7.58. The Morgan fingerprint density at radius 1 is 1.08 bits per heavy atom. The highest BCUT2D eigenvalue weighted by Gasteiger charge is 2.13. The topological polar surface area (TPSA) is 84.2 Å². The summed E-state index contributed by atoms with van der Waals surface area (Å²) in [4.78, 5) is 24.0. The summed E-state index contributed by atoms with van der Waals surface area (Å²) >= 11 is 0. The van der Waals surface area contributed by atoms with Crippen molar-refractivity contribution < 1.29 is 14.0 Å². The molecule has 0 fully saturated rings. The van der Waals surface area contributed by atoms with Gasteiger partial charge in [0, 0.05) is 23.4 Å². The van der Waals surface area contributed by atoms with E-state index in [-0.39, 0.29) is 35.5 Å². The van der Waals surface area contributed by atoms with E-state index in [1.165, 1.54) is 12.1 Å². The number of nitrogen functional groups attached to an aromatic ring is 1. The van der Waals surface area contributed by atoms with Gasteiger partial charge in [-0.3, -0.25) is 9.59 Å². The van der Waals surface area contributed by atoms with E-state index >= 15 is 0 Å². The average Bonchev–Trinajstić information content (AvgIpc) is 2.52. The summed E-state index contributed by atoms with van der Waals surface area (Å²) in [5.74, 6) is -1.20. The summed E-state index contributed by atoms with van der Waals surface area (Å²) in [5, 5.41) is 5.22. The number of carbonyl (C=O) groups is 2. The lowest BCUT2D eigenvalue weighted by Gasteiger charge is -2.11. The third kappa shape index (κ3) is 5.74. The third-order valence-electron chi connectivity index (χ3n) is 3.61. The number of carbonyl (C=O) groups excluding carboxylic acids is 2. The van der Waals surface area contributed by atoms with Gasteiger partial charge in [-0.2, -0.15) is 0 Å². The molecule has 7 heteroatoms. The molecule has 0 spiro atoms. The summed E-state index contributed by atoms with van der Waals surface area (Å²) in [6, 6.07) is 9.12. The fraction of sp³-hybridized carbons (Fsp3) is 0.263. The van der Waals surface area contributed by atoms with E-state index in [1.807, 2.05) is 20.8 Å². The third-order valence-corrected chi connectivity index (χ3v) is 3.61. The zero-order valence-electron chi connectivity index (χ0n) is 14.9. The molecule has 0 radical (unpaired) electrons. The van der Waals surface area contributed by atoms with Crippen LogP contribution in [-0.2, 0) is 4.79 Å². The molecule has 0 atom stereocenters. The molecule has 2 aromatic rings. The minimum absolute atomic E-state index is 0. The minimum Gasteiger partial charge on any atom is -0.399 e. The van der Waals surface area contributed by atoms with E-state index in [1.54, 1.807) is 18.2 Å². The van der Waals surface area contributed by atoms with Crippen molar-refractivity contribution in [2.45, 2.75) is 27.2 Å². The van der Waals surface area contributed by atoms with Crippen molar-refractivity contribution in [3.05, 3.63) is 53.3 Å². The Hall–Kier alpha value is -2.60. The van der Waals surface area contributed by atoms with Gasteiger partial charge in [0.25, 0.3) is 5.91 Å². The van der Waals surface area contributed by atoms with Gasteiger partial charge in [0.15, 0.2) is 0 Å². The van der Waals surface area contributed by atoms with Gasteiger partial charge in [-0.15, -0.1) is 12.4 Å². The van der Waals surface area contributed by atoms with Crippen molar-refractivity contribution >= 4 is 41.3 Å². The van der Waals surface area contributed by atoms with Crippen LogP contribution < -0.4 is 16.4 Å². The van der Waals surface area contributed by atoms with E-state index in [0.717, 1.165) is 11.6 Å². The van der Waals surface area contributed by atoms with Crippen molar-refractivity contribution in [3.63, 3.8) is 0 Å². The van der Waals surface area contributed by atoms with Crippen LogP contribution in [0.1, 0.15) is 36.2 Å². The first kappa shape index (κ1) is 21.4. The zero-order chi connectivity index (χ0) is 18.6. The fourth-order valence-electron chi connectivity index (χ4n) is 2.30. The smallest absolute Gasteiger partial charge is 0.255 e. The van der Waals surface area contributed by atoms with Crippen LogP contribution >= 0.6 is 12.4 Å². The molecule has 0 unspecified atom stereocenters. The molecule has 0 bridgehead atoms. The van der Waals surface area contributed by atoms with Gasteiger partial charge in [0.2, 0.25) is 5.91 Å². The average molecular weight is 380 g/mol. The molecular weight excluding hydrogens is 357 g/mol. The van der Waals surface area contributed by atoms with Crippen LogP contribution in [0.5, 0.6) is 0 Å². The monoisotopic (exact) mass is 379 g/mol. The minimum atomic E-state index is -0.658. The number of hydrogen-bond donors (Lipinski definition) is 3. The molecule has 26 heavy (non-hydrogen) atoms. The summed E-state index contributed by atoms with van der Waals surface area (Å²) in [7, 11) is 0. The van der Waals surface area contributed by atoms with Crippen molar-refractivity contribution in [3.8, 4) is 0 Å². The Balaban J connectivity index is 0.00000338. The molecule has 140 valence electrons.